The van der Waals surface area contributed by atoms with Crippen molar-refractivity contribution >= 4 is 22.7 Å². The van der Waals surface area contributed by atoms with Crippen LogP contribution in [0, 0.1) is 0 Å². The van der Waals surface area contributed by atoms with Crippen LogP contribution in [0.5, 0.6) is 17.2 Å². The average molecular weight is 380 g/mol. The van der Waals surface area contributed by atoms with Gasteiger partial charge in [0.2, 0.25) is 0 Å². The van der Waals surface area contributed by atoms with Gasteiger partial charge in [-0.3, -0.25) is 0 Å². The molecule has 3 rings (SSSR count). The first kappa shape index (κ1) is 19.4. The fourth-order valence-corrected chi connectivity index (χ4v) is 2.81. The molecule has 0 bridgehead atoms. The molecule has 3 aromatic rings. The Morgan fingerprint density at radius 1 is 0.679 bits per heavy atom. The lowest BCUT2D eigenvalue weighted by atomic mass is 10.1. The number of anilines is 4. The van der Waals surface area contributed by atoms with Crippen LogP contribution >= 0.6 is 0 Å². The number of benzene rings is 3. The summed E-state index contributed by atoms with van der Waals surface area (Å²) in [5, 5.41) is 16.5. The van der Waals surface area contributed by atoms with Gasteiger partial charge in [0.1, 0.15) is 17.2 Å². The molecule has 0 aliphatic carbocycles. The van der Waals surface area contributed by atoms with Crippen molar-refractivity contribution in [3.63, 3.8) is 0 Å². The van der Waals surface area contributed by atoms with Gasteiger partial charge in [-0.2, -0.15) is 0 Å². The number of aliphatic hydroxyl groups excluding tert-OH is 1. The second-order valence-electron chi connectivity index (χ2n) is 6.07. The number of hydrogen-bond acceptors (Lipinski definition) is 6. The van der Waals surface area contributed by atoms with Crippen molar-refractivity contribution in [1.29, 1.82) is 0 Å². The average Bonchev–Trinajstić information content (AvgIpc) is 2.75. The van der Waals surface area contributed by atoms with E-state index in [2.05, 4.69) is 10.6 Å². The van der Waals surface area contributed by atoms with Gasteiger partial charge in [0.15, 0.2) is 0 Å². The van der Waals surface area contributed by atoms with Gasteiger partial charge in [-0.25, -0.2) is 0 Å². The highest BCUT2D eigenvalue weighted by molar-refractivity contribution is 5.80. The van der Waals surface area contributed by atoms with E-state index in [4.69, 9.17) is 14.2 Å². The van der Waals surface area contributed by atoms with Crippen LogP contribution in [0.2, 0.25) is 0 Å². The van der Waals surface area contributed by atoms with E-state index < -0.39 is 0 Å². The summed E-state index contributed by atoms with van der Waals surface area (Å²) in [4.78, 5) is 0. The molecule has 6 nitrogen and oxygen atoms in total. The Kier molecular flexibility index (Phi) is 6.24. The van der Waals surface area contributed by atoms with E-state index in [1.54, 1.807) is 27.4 Å². The number of ether oxygens (including phenoxy) is 3. The lowest BCUT2D eigenvalue weighted by Gasteiger charge is -2.18. The third-order valence-electron chi connectivity index (χ3n) is 4.33. The predicted octanol–water partition coefficient (Wildman–Crippen LogP) is 4.69. The Bertz CT molecular complexity index is 944. The van der Waals surface area contributed by atoms with Crippen LogP contribution in [-0.4, -0.2) is 26.4 Å². The van der Waals surface area contributed by atoms with Gasteiger partial charge in [0, 0.05) is 29.1 Å². The van der Waals surface area contributed by atoms with E-state index in [1.807, 2.05) is 54.6 Å². The van der Waals surface area contributed by atoms with Crippen molar-refractivity contribution in [3.8, 4) is 17.2 Å². The summed E-state index contributed by atoms with van der Waals surface area (Å²) in [7, 11) is 4.86. The van der Waals surface area contributed by atoms with Gasteiger partial charge in [0.05, 0.1) is 39.3 Å². The minimum Gasteiger partial charge on any atom is -0.497 e. The number of nitrogens with one attached hydrogen (secondary N) is 2. The Hall–Kier alpha value is -3.38. The third kappa shape index (κ3) is 4.47. The highest BCUT2D eigenvalue weighted by Gasteiger charge is 2.10. The zero-order chi connectivity index (χ0) is 19.9. The molecular weight excluding hydrogens is 356 g/mol. The van der Waals surface area contributed by atoms with Crippen LogP contribution in [0.15, 0.2) is 60.7 Å². The SMILES string of the molecule is COc1cccc(Nc2ccc(OC)cc2Nc2ccc(OC)cc2CO)c1. The molecule has 0 saturated heterocycles. The van der Waals surface area contributed by atoms with Gasteiger partial charge in [-0.15, -0.1) is 0 Å². The van der Waals surface area contributed by atoms with Crippen molar-refractivity contribution in [2.75, 3.05) is 32.0 Å². The van der Waals surface area contributed by atoms with E-state index in [0.717, 1.165) is 39.8 Å². The van der Waals surface area contributed by atoms with E-state index in [9.17, 15) is 5.11 Å². The molecule has 0 fully saturated rings. The summed E-state index contributed by atoms with van der Waals surface area (Å²) in [6, 6.07) is 18.9. The molecule has 146 valence electrons. The fraction of sp³-hybridized carbons (Fsp3) is 0.182. The standard InChI is InChI=1S/C22H24N2O4/c1-26-17-6-4-5-16(12-17)23-21-10-8-19(28-3)13-22(21)24-20-9-7-18(27-2)11-15(20)14-25/h4-13,23-25H,14H2,1-3H3. The molecule has 3 N–H and O–H groups in total. The van der Waals surface area contributed by atoms with Gasteiger partial charge in [-0.05, 0) is 42.5 Å². The highest BCUT2D eigenvalue weighted by Crippen LogP contribution is 2.34. The smallest absolute Gasteiger partial charge is 0.121 e. The summed E-state index contributed by atoms with van der Waals surface area (Å²) in [5.74, 6) is 2.18. The molecule has 0 atom stereocenters. The number of aliphatic hydroxyl groups is 1. The third-order valence-corrected chi connectivity index (χ3v) is 4.33. The first-order chi connectivity index (χ1) is 13.7. The second-order valence-corrected chi connectivity index (χ2v) is 6.07. The van der Waals surface area contributed by atoms with Crippen LogP contribution in [0.3, 0.4) is 0 Å². The molecule has 0 radical (unpaired) electrons. The molecule has 0 aliphatic rings. The molecule has 28 heavy (non-hydrogen) atoms. The summed E-state index contributed by atoms with van der Waals surface area (Å²) < 4.78 is 15.9. The van der Waals surface area contributed by atoms with Crippen molar-refractivity contribution < 1.29 is 19.3 Å². The first-order valence-electron chi connectivity index (χ1n) is 8.80. The van der Waals surface area contributed by atoms with Crippen molar-refractivity contribution in [2.45, 2.75) is 6.61 Å². The second kappa shape index (κ2) is 9.01. The molecule has 0 aromatic heterocycles. The van der Waals surface area contributed by atoms with E-state index in [0.29, 0.717) is 5.75 Å². The van der Waals surface area contributed by atoms with Gasteiger partial charge >= 0.3 is 0 Å². The predicted molar refractivity (Wildman–Crippen MR) is 111 cm³/mol. The van der Waals surface area contributed by atoms with Crippen LogP contribution in [0.25, 0.3) is 0 Å². The summed E-state index contributed by atoms with van der Waals surface area (Å²) in [6.45, 7) is -0.109. The molecule has 0 spiro atoms. The molecule has 0 saturated carbocycles. The molecule has 0 amide bonds. The Morgan fingerprint density at radius 3 is 2.00 bits per heavy atom. The van der Waals surface area contributed by atoms with Crippen LogP contribution in [0.1, 0.15) is 5.56 Å². The normalized spacial score (nSPS) is 10.3. The molecular formula is C22H24N2O4. The van der Waals surface area contributed by atoms with Gasteiger partial charge in [-0.1, -0.05) is 6.07 Å². The van der Waals surface area contributed by atoms with Crippen LogP contribution in [0.4, 0.5) is 22.7 Å². The molecule has 0 aliphatic heterocycles. The van der Waals surface area contributed by atoms with Gasteiger partial charge < -0.3 is 30.0 Å². The summed E-state index contributed by atoms with van der Waals surface area (Å²) in [6.07, 6.45) is 0. The maximum absolute atomic E-state index is 9.73. The first-order valence-corrected chi connectivity index (χ1v) is 8.80. The van der Waals surface area contributed by atoms with E-state index in [-0.39, 0.29) is 6.61 Å². The van der Waals surface area contributed by atoms with Gasteiger partial charge in [0.25, 0.3) is 0 Å². The van der Waals surface area contributed by atoms with Crippen molar-refractivity contribution in [2.24, 2.45) is 0 Å². The molecule has 6 heteroatoms. The monoisotopic (exact) mass is 380 g/mol. The fourth-order valence-electron chi connectivity index (χ4n) is 2.81. The summed E-state index contributed by atoms with van der Waals surface area (Å²) >= 11 is 0. The zero-order valence-corrected chi connectivity index (χ0v) is 16.2. The van der Waals surface area contributed by atoms with E-state index >= 15 is 0 Å². The number of rotatable bonds is 8. The lowest BCUT2D eigenvalue weighted by molar-refractivity contribution is 0.281. The molecule has 0 unspecified atom stereocenters. The summed E-state index contributed by atoms with van der Waals surface area (Å²) in [5.41, 5.74) is 4.07. The quantitative estimate of drug-likeness (QED) is 0.526. The Labute approximate surface area is 164 Å². The topological polar surface area (TPSA) is 72.0 Å². The maximum atomic E-state index is 9.73. The van der Waals surface area contributed by atoms with E-state index in [1.165, 1.54) is 0 Å². The van der Waals surface area contributed by atoms with Crippen LogP contribution in [-0.2, 0) is 6.61 Å². The highest BCUT2D eigenvalue weighted by atomic mass is 16.5. The number of methoxy groups -OCH3 is 3. The van der Waals surface area contributed by atoms with Crippen molar-refractivity contribution in [1.82, 2.24) is 0 Å². The maximum Gasteiger partial charge on any atom is 0.121 e. The minimum atomic E-state index is -0.109. The van der Waals surface area contributed by atoms with Crippen LogP contribution < -0.4 is 24.8 Å². The Balaban J connectivity index is 1.95. The lowest BCUT2D eigenvalue weighted by Crippen LogP contribution is -2.01. The largest absolute Gasteiger partial charge is 0.497 e. The number of hydrogen-bond donors (Lipinski definition) is 3. The zero-order valence-electron chi connectivity index (χ0n) is 16.2. The molecule has 0 heterocycles. The van der Waals surface area contributed by atoms with Crippen molar-refractivity contribution in [3.05, 3.63) is 66.2 Å². The Morgan fingerprint density at radius 2 is 1.32 bits per heavy atom. The minimum absolute atomic E-state index is 0.109. The molecule has 3 aromatic carbocycles.